The lowest BCUT2D eigenvalue weighted by Gasteiger charge is -2.34. The zero-order valence-corrected chi connectivity index (χ0v) is 20.1. The topological polar surface area (TPSA) is 57.7 Å². The van der Waals surface area contributed by atoms with E-state index in [2.05, 4.69) is 46.4 Å². The molecule has 1 saturated heterocycles. The maximum Gasteiger partial charge on any atom is 0.251 e. The number of thiazole rings is 1. The summed E-state index contributed by atoms with van der Waals surface area (Å²) >= 11 is 1.61. The molecule has 0 bridgehead atoms. The van der Waals surface area contributed by atoms with Gasteiger partial charge >= 0.3 is 0 Å². The molecule has 6 nitrogen and oxygen atoms in total. The van der Waals surface area contributed by atoms with Gasteiger partial charge in [-0.3, -0.25) is 4.79 Å². The quantitative estimate of drug-likeness (QED) is 0.401. The zero-order chi connectivity index (χ0) is 23.3. The van der Waals surface area contributed by atoms with Crippen molar-refractivity contribution >= 4 is 33.1 Å². The molecule has 5 rings (SSSR count). The number of carbonyl (C=O) groups is 1. The second kappa shape index (κ2) is 10.2. The maximum atomic E-state index is 12.6. The number of anilines is 1. The average molecular weight is 473 g/mol. The number of carbonyl (C=O) groups excluding carboxylic acids is 1. The van der Waals surface area contributed by atoms with Crippen LogP contribution in [0.25, 0.3) is 20.8 Å². The lowest BCUT2D eigenvalue weighted by atomic mass is 10.2. The number of para-hydroxylation sites is 1. The van der Waals surface area contributed by atoms with E-state index in [-0.39, 0.29) is 5.91 Å². The number of hydrogen-bond acceptors (Lipinski definition) is 6. The molecule has 0 atom stereocenters. The van der Waals surface area contributed by atoms with Crippen LogP contribution < -0.4 is 15.0 Å². The molecule has 0 unspecified atom stereocenters. The number of nitrogens with zero attached hydrogens (tertiary/aromatic N) is 3. The van der Waals surface area contributed by atoms with Gasteiger partial charge in [-0.25, -0.2) is 4.98 Å². The summed E-state index contributed by atoms with van der Waals surface area (Å²) in [5.41, 5.74) is 3.90. The number of rotatable bonds is 7. The number of hydrogen-bond donors (Lipinski definition) is 1. The fourth-order valence-electron chi connectivity index (χ4n) is 4.02. The van der Waals surface area contributed by atoms with E-state index >= 15 is 0 Å². The third-order valence-corrected chi connectivity index (χ3v) is 7.10. The Bertz CT molecular complexity index is 1250. The van der Waals surface area contributed by atoms with E-state index in [9.17, 15) is 4.79 Å². The van der Waals surface area contributed by atoms with Crippen LogP contribution in [-0.2, 0) is 0 Å². The maximum absolute atomic E-state index is 12.6. The summed E-state index contributed by atoms with van der Waals surface area (Å²) in [7, 11) is 2.17. The van der Waals surface area contributed by atoms with Crippen LogP contribution in [0, 0.1) is 0 Å². The molecule has 34 heavy (non-hydrogen) atoms. The van der Waals surface area contributed by atoms with Crippen LogP contribution >= 0.6 is 11.3 Å². The Hall–Kier alpha value is -3.42. The van der Waals surface area contributed by atoms with Crippen molar-refractivity contribution in [1.29, 1.82) is 0 Å². The summed E-state index contributed by atoms with van der Waals surface area (Å²) in [6.07, 6.45) is 0. The molecule has 1 amide bonds. The van der Waals surface area contributed by atoms with Crippen LogP contribution in [0.4, 0.5) is 5.69 Å². The van der Waals surface area contributed by atoms with E-state index in [1.54, 1.807) is 11.3 Å². The zero-order valence-electron chi connectivity index (χ0n) is 19.2. The summed E-state index contributed by atoms with van der Waals surface area (Å²) in [4.78, 5) is 22.2. The van der Waals surface area contributed by atoms with Gasteiger partial charge in [-0.2, -0.15) is 0 Å². The molecule has 1 N–H and O–H groups in total. The second-order valence-corrected chi connectivity index (χ2v) is 9.49. The minimum absolute atomic E-state index is 0.106. The van der Waals surface area contributed by atoms with E-state index in [1.807, 2.05) is 48.5 Å². The normalized spacial score (nSPS) is 14.3. The summed E-state index contributed by atoms with van der Waals surface area (Å²) in [5.74, 6) is 0.692. The van der Waals surface area contributed by atoms with E-state index < -0.39 is 0 Å². The summed E-state index contributed by atoms with van der Waals surface area (Å²) < 4.78 is 6.64. The first-order valence-electron chi connectivity index (χ1n) is 11.6. The van der Waals surface area contributed by atoms with E-state index in [1.165, 1.54) is 5.69 Å². The highest BCUT2D eigenvalue weighted by Gasteiger charge is 2.15. The van der Waals surface area contributed by atoms with Crippen molar-refractivity contribution in [2.45, 2.75) is 0 Å². The number of nitrogens with one attached hydrogen (secondary N) is 1. The SMILES string of the molecule is CN1CCN(c2ccc(-c3nc4ccc(C(=O)NCCOc5ccccc5)cc4s3)cc2)CC1. The number of likely N-dealkylation sites (N-methyl/N-ethyl adjacent to an activating group) is 1. The molecule has 1 fully saturated rings. The molecule has 0 spiro atoms. The molecule has 0 radical (unpaired) electrons. The Balaban J connectivity index is 1.21. The van der Waals surface area contributed by atoms with Crippen molar-refractivity contribution in [1.82, 2.24) is 15.2 Å². The predicted molar refractivity (Wildman–Crippen MR) is 139 cm³/mol. The number of aromatic nitrogens is 1. The van der Waals surface area contributed by atoms with Gasteiger partial charge in [0.05, 0.1) is 16.8 Å². The Labute approximate surface area is 203 Å². The molecule has 0 saturated carbocycles. The van der Waals surface area contributed by atoms with Gasteiger partial charge < -0.3 is 19.9 Å². The van der Waals surface area contributed by atoms with Crippen LogP contribution in [-0.4, -0.2) is 62.2 Å². The number of benzene rings is 3. The summed E-state index contributed by atoms with van der Waals surface area (Å²) in [6, 6.07) is 23.9. The van der Waals surface area contributed by atoms with Crippen LogP contribution in [0.15, 0.2) is 72.8 Å². The third-order valence-electron chi connectivity index (χ3n) is 6.03. The first-order chi connectivity index (χ1) is 16.7. The number of fused-ring (bicyclic) bond motifs is 1. The van der Waals surface area contributed by atoms with Crippen molar-refractivity contribution < 1.29 is 9.53 Å². The smallest absolute Gasteiger partial charge is 0.251 e. The first kappa shape index (κ1) is 22.4. The van der Waals surface area contributed by atoms with Gasteiger partial charge in [0.15, 0.2) is 0 Å². The molecule has 7 heteroatoms. The Morgan fingerprint density at radius 1 is 1.00 bits per heavy atom. The molecule has 0 aliphatic carbocycles. The highest BCUT2D eigenvalue weighted by Crippen LogP contribution is 2.32. The Morgan fingerprint density at radius 2 is 1.76 bits per heavy atom. The minimum atomic E-state index is -0.106. The van der Waals surface area contributed by atoms with E-state index in [0.717, 1.165) is 52.7 Å². The highest BCUT2D eigenvalue weighted by atomic mass is 32.1. The molecule has 1 aliphatic heterocycles. The number of amides is 1. The molecule has 4 aromatic rings. The third kappa shape index (κ3) is 5.21. The molecule has 1 aliphatic rings. The van der Waals surface area contributed by atoms with Crippen molar-refractivity contribution in [2.24, 2.45) is 0 Å². The van der Waals surface area contributed by atoms with Gasteiger partial charge in [0, 0.05) is 43.0 Å². The average Bonchev–Trinajstić information content (AvgIpc) is 3.31. The Morgan fingerprint density at radius 3 is 2.53 bits per heavy atom. The van der Waals surface area contributed by atoms with Crippen LogP contribution in [0.3, 0.4) is 0 Å². The van der Waals surface area contributed by atoms with Gasteiger partial charge in [-0.1, -0.05) is 18.2 Å². The fraction of sp³-hybridized carbons (Fsp3) is 0.259. The number of piperazine rings is 1. The van der Waals surface area contributed by atoms with Crippen LogP contribution in [0.5, 0.6) is 5.75 Å². The van der Waals surface area contributed by atoms with Gasteiger partial charge in [0.1, 0.15) is 17.4 Å². The lowest BCUT2D eigenvalue weighted by Crippen LogP contribution is -2.44. The molecule has 174 valence electrons. The van der Waals surface area contributed by atoms with Crippen molar-refractivity contribution in [3.63, 3.8) is 0 Å². The molecular formula is C27H28N4O2S. The van der Waals surface area contributed by atoms with Crippen molar-refractivity contribution in [3.05, 3.63) is 78.4 Å². The fourth-order valence-corrected chi connectivity index (χ4v) is 5.03. The standard InChI is InChI=1S/C27H28N4O2S/c1-30-14-16-31(17-15-30)22-10-7-20(8-11-22)27-29-24-12-9-21(19-25(24)34-27)26(32)28-13-18-33-23-5-3-2-4-6-23/h2-12,19H,13-18H2,1H3,(H,28,32). The number of ether oxygens (including phenoxy) is 1. The van der Waals surface area contributed by atoms with Crippen molar-refractivity contribution in [2.75, 3.05) is 51.3 Å². The van der Waals surface area contributed by atoms with Gasteiger partial charge in [0.2, 0.25) is 0 Å². The first-order valence-corrected chi connectivity index (χ1v) is 12.4. The lowest BCUT2D eigenvalue weighted by molar-refractivity contribution is 0.0947. The molecule has 2 heterocycles. The molecule has 3 aromatic carbocycles. The largest absolute Gasteiger partial charge is 0.492 e. The molecule has 1 aromatic heterocycles. The highest BCUT2D eigenvalue weighted by molar-refractivity contribution is 7.21. The Kier molecular flexibility index (Phi) is 6.74. The summed E-state index contributed by atoms with van der Waals surface area (Å²) in [6.45, 7) is 5.16. The van der Waals surface area contributed by atoms with Gasteiger partial charge in [0.25, 0.3) is 5.91 Å². The van der Waals surface area contributed by atoms with E-state index in [4.69, 9.17) is 9.72 Å². The van der Waals surface area contributed by atoms with Gasteiger partial charge in [-0.05, 0) is 61.6 Å². The molecular weight excluding hydrogens is 444 g/mol. The summed E-state index contributed by atoms with van der Waals surface area (Å²) in [5, 5.41) is 3.89. The minimum Gasteiger partial charge on any atom is -0.492 e. The monoisotopic (exact) mass is 472 g/mol. The predicted octanol–water partition coefficient (Wildman–Crippen LogP) is 4.52. The second-order valence-electron chi connectivity index (χ2n) is 8.46. The van der Waals surface area contributed by atoms with Crippen molar-refractivity contribution in [3.8, 4) is 16.3 Å². The van der Waals surface area contributed by atoms with Gasteiger partial charge in [-0.15, -0.1) is 11.3 Å². The van der Waals surface area contributed by atoms with Crippen LogP contribution in [0.1, 0.15) is 10.4 Å². The van der Waals surface area contributed by atoms with Crippen LogP contribution in [0.2, 0.25) is 0 Å². The van der Waals surface area contributed by atoms with E-state index in [0.29, 0.717) is 18.7 Å².